The number of aromatic nitrogens is 2. The van der Waals surface area contributed by atoms with E-state index in [0.29, 0.717) is 11.5 Å². The number of amides is 3. The lowest BCUT2D eigenvalue weighted by Crippen LogP contribution is -2.40. The molecule has 2 N–H and O–H groups in total. The third-order valence-corrected chi connectivity index (χ3v) is 4.94. The topological polar surface area (TPSA) is 79.3 Å². The molecule has 33 heavy (non-hydrogen) atoms. The molecule has 0 spiro atoms. The largest absolute Gasteiger partial charge is 0.322 e. The van der Waals surface area contributed by atoms with Crippen molar-refractivity contribution in [3.63, 3.8) is 0 Å². The molecule has 3 amide bonds. The van der Waals surface area contributed by atoms with E-state index in [9.17, 15) is 18.4 Å². The molecule has 2 aromatic carbocycles. The van der Waals surface area contributed by atoms with E-state index >= 15 is 0 Å². The second-order valence-corrected chi connectivity index (χ2v) is 8.53. The molecule has 3 rings (SSSR count). The summed E-state index contributed by atoms with van der Waals surface area (Å²) in [5.41, 5.74) is 1.05. The molecule has 0 saturated heterocycles. The number of urea groups is 1. The van der Waals surface area contributed by atoms with Crippen molar-refractivity contribution >= 4 is 23.4 Å². The van der Waals surface area contributed by atoms with Crippen molar-refractivity contribution in [2.24, 2.45) is 0 Å². The molecule has 0 aliphatic carbocycles. The van der Waals surface area contributed by atoms with Gasteiger partial charge in [0, 0.05) is 18.0 Å². The summed E-state index contributed by atoms with van der Waals surface area (Å²) < 4.78 is 28.8. The van der Waals surface area contributed by atoms with Crippen LogP contribution in [-0.2, 0) is 10.2 Å². The van der Waals surface area contributed by atoms with Crippen molar-refractivity contribution in [1.29, 1.82) is 0 Å². The molecule has 0 unspecified atom stereocenters. The van der Waals surface area contributed by atoms with Crippen LogP contribution in [0.4, 0.5) is 25.1 Å². The van der Waals surface area contributed by atoms with E-state index in [2.05, 4.69) is 15.7 Å². The SMILES string of the molecule is CCN(CC(=O)Nc1cc(C(C)(C)C)nn1-c1ccc(F)cc1)C(=O)Nc1ccccc1F. The molecule has 1 aromatic heterocycles. The minimum Gasteiger partial charge on any atom is -0.315 e. The number of nitrogens with zero attached hydrogens (tertiary/aromatic N) is 3. The van der Waals surface area contributed by atoms with Gasteiger partial charge in [0.2, 0.25) is 5.91 Å². The second kappa shape index (κ2) is 9.81. The van der Waals surface area contributed by atoms with E-state index in [4.69, 9.17) is 0 Å². The maximum atomic E-state index is 13.9. The minimum absolute atomic E-state index is 0.0329. The van der Waals surface area contributed by atoms with Gasteiger partial charge >= 0.3 is 6.03 Å². The molecular weight excluding hydrogens is 428 g/mol. The number of hydrogen-bond donors (Lipinski definition) is 2. The molecule has 0 aliphatic heterocycles. The fraction of sp³-hybridized carbons (Fsp3) is 0.292. The highest BCUT2D eigenvalue weighted by atomic mass is 19.1. The van der Waals surface area contributed by atoms with E-state index in [0.717, 1.165) is 5.69 Å². The van der Waals surface area contributed by atoms with Gasteiger partial charge in [0.1, 0.15) is 24.0 Å². The predicted octanol–water partition coefficient (Wildman–Crippen LogP) is 4.94. The first-order valence-electron chi connectivity index (χ1n) is 10.5. The van der Waals surface area contributed by atoms with Crippen LogP contribution in [0.25, 0.3) is 5.69 Å². The molecule has 7 nitrogen and oxygen atoms in total. The Morgan fingerprint density at radius 2 is 1.70 bits per heavy atom. The van der Waals surface area contributed by atoms with Crippen molar-refractivity contribution in [2.45, 2.75) is 33.1 Å². The van der Waals surface area contributed by atoms with Gasteiger partial charge in [-0.3, -0.25) is 4.79 Å². The molecule has 1 heterocycles. The van der Waals surface area contributed by atoms with Crippen molar-refractivity contribution in [3.05, 3.63) is 71.9 Å². The molecule has 0 aliphatic rings. The van der Waals surface area contributed by atoms with Gasteiger partial charge in [-0.1, -0.05) is 32.9 Å². The quantitative estimate of drug-likeness (QED) is 0.553. The zero-order valence-corrected chi connectivity index (χ0v) is 19.0. The van der Waals surface area contributed by atoms with Crippen LogP contribution < -0.4 is 10.6 Å². The Morgan fingerprint density at radius 3 is 2.30 bits per heavy atom. The van der Waals surface area contributed by atoms with E-state index < -0.39 is 17.8 Å². The maximum Gasteiger partial charge on any atom is 0.322 e. The molecular formula is C24H27F2N5O2. The van der Waals surface area contributed by atoms with Crippen molar-refractivity contribution in [1.82, 2.24) is 14.7 Å². The maximum absolute atomic E-state index is 13.9. The number of nitrogens with one attached hydrogen (secondary N) is 2. The predicted molar refractivity (Wildman–Crippen MR) is 124 cm³/mol. The second-order valence-electron chi connectivity index (χ2n) is 8.53. The first kappa shape index (κ1) is 23.9. The van der Waals surface area contributed by atoms with Gasteiger partial charge in [-0.15, -0.1) is 0 Å². The molecule has 0 atom stereocenters. The van der Waals surface area contributed by atoms with Gasteiger partial charge in [0.15, 0.2) is 0 Å². The van der Waals surface area contributed by atoms with Gasteiger partial charge < -0.3 is 15.5 Å². The summed E-state index contributed by atoms with van der Waals surface area (Å²) in [6, 6.07) is 12.7. The number of carbonyl (C=O) groups is 2. The molecule has 0 fully saturated rings. The number of anilines is 2. The summed E-state index contributed by atoms with van der Waals surface area (Å²) in [5.74, 6) is -1.01. The number of likely N-dealkylation sites (N-methyl/N-ethyl adjacent to an activating group) is 1. The molecule has 174 valence electrons. The monoisotopic (exact) mass is 455 g/mol. The van der Waals surface area contributed by atoms with Crippen molar-refractivity contribution in [2.75, 3.05) is 23.7 Å². The van der Waals surface area contributed by atoms with Gasteiger partial charge in [-0.05, 0) is 43.3 Å². The Labute approximate surface area is 191 Å². The van der Waals surface area contributed by atoms with Crippen molar-refractivity contribution < 1.29 is 18.4 Å². The van der Waals surface area contributed by atoms with Crippen LogP contribution >= 0.6 is 0 Å². The Kier molecular flexibility index (Phi) is 7.10. The summed E-state index contributed by atoms with van der Waals surface area (Å²) >= 11 is 0. The first-order valence-corrected chi connectivity index (χ1v) is 10.5. The van der Waals surface area contributed by atoms with E-state index in [1.807, 2.05) is 20.8 Å². The zero-order chi connectivity index (χ0) is 24.2. The van der Waals surface area contributed by atoms with Crippen LogP contribution in [0.15, 0.2) is 54.6 Å². The van der Waals surface area contributed by atoms with Gasteiger partial charge in [0.05, 0.1) is 17.1 Å². The third-order valence-electron chi connectivity index (χ3n) is 4.94. The Morgan fingerprint density at radius 1 is 1.03 bits per heavy atom. The highest BCUT2D eigenvalue weighted by molar-refractivity contribution is 5.96. The van der Waals surface area contributed by atoms with Crippen LogP contribution in [0, 0.1) is 11.6 Å². The average Bonchev–Trinajstić information content (AvgIpc) is 3.18. The van der Waals surface area contributed by atoms with Gasteiger partial charge in [-0.25, -0.2) is 18.3 Å². The number of halogens is 2. The number of hydrogen-bond acceptors (Lipinski definition) is 3. The molecule has 0 radical (unpaired) electrons. The molecule has 3 aromatic rings. The fourth-order valence-corrected chi connectivity index (χ4v) is 3.06. The Bertz CT molecular complexity index is 1140. The summed E-state index contributed by atoms with van der Waals surface area (Å²) in [7, 11) is 0. The van der Waals surface area contributed by atoms with Crippen LogP contribution in [0.1, 0.15) is 33.4 Å². The van der Waals surface area contributed by atoms with Crippen LogP contribution in [0.3, 0.4) is 0 Å². The first-order chi connectivity index (χ1) is 15.6. The molecule has 0 saturated carbocycles. The zero-order valence-electron chi connectivity index (χ0n) is 19.0. The lowest BCUT2D eigenvalue weighted by Gasteiger charge is -2.21. The van der Waals surface area contributed by atoms with E-state index in [1.165, 1.54) is 39.9 Å². The Hall–Kier alpha value is -3.75. The van der Waals surface area contributed by atoms with Crippen LogP contribution in [0.2, 0.25) is 0 Å². The number of benzene rings is 2. The highest BCUT2D eigenvalue weighted by Gasteiger charge is 2.23. The number of para-hydroxylation sites is 1. The standard InChI is InChI=1S/C24H27F2N5O2/c1-5-30(23(33)27-19-9-7-6-8-18(19)26)15-22(32)28-21-14-20(24(2,3)4)29-31(21)17-12-10-16(25)11-13-17/h6-14H,5,15H2,1-4H3,(H,27,33)(H,28,32). The van der Waals surface area contributed by atoms with Crippen LogP contribution in [0.5, 0.6) is 0 Å². The Balaban J connectivity index is 1.78. The van der Waals surface area contributed by atoms with Crippen molar-refractivity contribution in [3.8, 4) is 5.69 Å². The summed E-state index contributed by atoms with van der Waals surface area (Å²) in [6.07, 6.45) is 0. The lowest BCUT2D eigenvalue weighted by molar-refractivity contribution is -0.116. The summed E-state index contributed by atoms with van der Waals surface area (Å²) in [6.45, 7) is 7.66. The fourth-order valence-electron chi connectivity index (χ4n) is 3.06. The van der Waals surface area contributed by atoms with Gasteiger partial charge in [-0.2, -0.15) is 5.10 Å². The van der Waals surface area contributed by atoms with Gasteiger partial charge in [0.25, 0.3) is 0 Å². The lowest BCUT2D eigenvalue weighted by atomic mass is 9.92. The smallest absolute Gasteiger partial charge is 0.315 e. The minimum atomic E-state index is -0.597. The molecule has 9 heteroatoms. The molecule has 0 bridgehead atoms. The highest BCUT2D eigenvalue weighted by Crippen LogP contribution is 2.26. The third kappa shape index (κ3) is 5.94. The average molecular weight is 456 g/mol. The van der Waals surface area contributed by atoms with E-state index in [1.54, 1.807) is 31.2 Å². The summed E-state index contributed by atoms with van der Waals surface area (Å²) in [5, 5.41) is 9.84. The number of carbonyl (C=O) groups excluding carboxylic acids is 2. The van der Waals surface area contributed by atoms with E-state index in [-0.39, 0.29) is 30.0 Å². The number of rotatable bonds is 6. The normalized spacial score (nSPS) is 11.2. The summed E-state index contributed by atoms with van der Waals surface area (Å²) in [4.78, 5) is 26.6. The van der Waals surface area contributed by atoms with Crippen LogP contribution in [-0.4, -0.2) is 39.7 Å².